The molecule has 0 spiro atoms. The Balaban J connectivity index is 2.10. The fraction of sp³-hybridized carbons (Fsp3) is 0.421. The molecule has 0 radical (unpaired) electrons. The fourth-order valence-corrected chi connectivity index (χ4v) is 4.42. The molecule has 1 amide bonds. The Kier molecular flexibility index (Phi) is 4.81. The topological polar surface area (TPSA) is 63.3 Å². The van der Waals surface area contributed by atoms with E-state index in [1.165, 1.54) is 6.92 Å². The Morgan fingerprint density at radius 1 is 1.18 bits per heavy atom. The van der Waals surface area contributed by atoms with Crippen molar-refractivity contribution in [1.82, 2.24) is 9.79 Å². The number of carbonyl (C=O) groups is 2. The number of esters is 1. The highest BCUT2D eigenvalue weighted by Crippen LogP contribution is 2.42. The van der Waals surface area contributed by atoms with Crippen LogP contribution in [0.5, 0.6) is 0 Å². The number of amides is 1. The maximum atomic E-state index is 15.5. The molecule has 0 atom stereocenters. The van der Waals surface area contributed by atoms with Crippen LogP contribution >= 0.6 is 0 Å². The number of aryl methyl sites for hydroxylation is 2. The largest absolute Gasteiger partial charge is 0.737 e. The third-order valence-corrected chi connectivity index (χ3v) is 5.37. The summed E-state index contributed by atoms with van der Waals surface area (Å²) >= 11 is 0. The van der Waals surface area contributed by atoms with Gasteiger partial charge in [0.25, 0.3) is 5.91 Å². The number of hydrogen-bond acceptors (Lipinski definition) is 3. The summed E-state index contributed by atoms with van der Waals surface area (Å²) in [4.78, 5) is 24.2. The summed E-state index contributed by atoms with van der Waals surface area (Å²) in [5.41, 5.74) is 3.62. The fourth-order valence-electron chi connectivity index (χ4n) is 4.42. The highest BCUT2D eigenvalue weighted by molar-refractivity contribution is 6.58. The Labute approximate surface area is 162 Å². The van der Waals surface area contributed by atoms with E-state index in [9.17, 15) is 9.59 Å². The summed E-state index contributed by atoms with van der Waals surface area (Å²) < 4.78 is 37.9. The molecule has 3 heterocycles. The van der Waals surface area contributed by atoms with E-state index in [-0.39, 0.29) is 24.4 Å². The van der Waals surface area contributed by atoms with Gasteiger partial charge in [0.1, 0.15) is 17.8 Å². The predicted octanol–water partition coefficient (Wildman–Crippen LogP) is 2.56. The first-order valence-electron chi connectivity index (χ1n) is 9.24. The van der Waals surface area contributed by atoms with Crippen LogP contribution in [0, 0.1) is 13.8 Å². The van der Waals surface area contributed by atoms with Crippen LogP contribution in [0.25, 0.3) is 5.57 Å². The molecule has 0 unspecified atom stereocenters. The van der Waals surface area contributed by atoms with Gasteiger partial charge in [0.2, 0.25) is 0 Å². The number of fused-ring (bicyclic) bond motifs is 2. The van der Waals surface area contributed by atoms with Crippen molar-refractivity contribution in [1.29, 1.82) is 0 Å². The van der Waals surface area contributed by atoms with E-state index in [0.29, 0.717) is 28.2 Å². The number of hydrogen-bond donors (Lipinski definition) is 1. The molecule has 0 fully saturated rings. The maximum absolute atomic E-state index is 15.5. The van der Waals surface area contributed by atoms with Crippen LogP contribution in [-0.4, -0.2) is 46.7 Å². The second-order valence-corrected chi connectivity index (χ2v) is 7.19. The van der Waals surface area contributed by atoms with Gasteiger partial charge in [0, 0.05) is 23.8 Å². The molecule has 1 aromatic heterocycles. The van der Waals surface area contributed by atoms with Crippen molar-refractivity contribution in [3.8, 4) is 0 Å². The molecule has 9 heteroatoms. The summed E-state index contributed by atoms with van der Waals surface area (Å²) in [6, 6.07) is 1.75. The van der Waals surface area contributed by atoms with Crippen molar-refractivity contribution >= 4 is 30.1 Å². The summed E-state index contributed by atoms with van der Waals surface area (Å²) in [6.45, 7) is 5.84. The number of rotatable bonds is 4. The van der Waals surface area contributed by atoms with Crippen molar-refractivity contribution in [3.63, 3.8) is 0 Å². The molecule has 1 aromatic rings. The summed E-state index contributed by atoms with van der Waals surface area (Å²) in [6.07, 6.45) is 0. The molecule has 2 aliphatic heterocycles. The van der Waals surface area contributed by atoms with Crippen LogP contribution in [0.1, 0.15) is 44.6 Å². The highest BCUT2D eigenvalue weighted by atomic mass is 19.2. The molecular weight excluding hydrogens is 367 g/mol. The molecular formula is C19H24BF2N3O3. The van der Waals surface area contributed by atoms with E-state index in [4.69, 9.17) is 4.74 Å². The zero-order valence-electron chi connectivity index (χ0n) is 16.9. The molecule has 28 heavy (non-hydrogen) atoms. The van der Waals surface area contributed by atoms with E-state index in [1.54, 1.807) is 33.8 Å². The van der Waals surface area contributed by atoms with Crippen LogP contribution < -0.4 is 5.32 Å². The second kappa shape index (κ2) is 6.72. The van der Waals surface area contributed by atoms with Crippen LogP contribution in [0.3, 0.4) is 0 Å². The number of nitrogens with one attached hydrogen (secondary N) is 1. The lowest BCUT2D eigenvalue weighted by atomic mass is 9.86. The van der Waals surface area contributed by atoms with Gasteiger partial charge in [-0.05, 0) is 51.9 Å². The third kappa shape index (κ3) is 2.72. The zero-order valence-corrected chi connectivity index (χ0v) is 16.9. The molecule has 0 bridgehead atoms. The third-order valence-electron chi connectivity index (χ3n) is 5.37. The van der Waals surface area contributed by atoms with E-state index in [1.807, 2.05) is 6.92 Å². The minimum absolute atomic E-state index is 0.168. The summed E-state index contributed by atoms with van der Waals surface area (Å²) in [7, 11) is 0. The molecule has 0 saturated heterocycles. The summed E-state index contributed by atoms with van der Waals surface area (Å²) in [5.74, 6) is -1.14. The van der Waals surface area contributed by atoms with Gasteiger partial charge in [-0.25, -0.2) is 0 Å². The first kappa shape index (κ1) is 20.0. The van der Waals surface area contributed by atoms with Crippen LogP contribution in [0.15, 0.2) is 22.9 Å². The Hall–Kier alpha value is -2.71. The molecule has 1 N–H and O–H groups in total. The van der Waals surface area contributed by atoms with Crippen molar-refractivity contribution in [2.45, 2.75) is 41.5 Å². The van der Waals surface area contributed by atoms with Gasteiger partial charge in [0.05, 0.1) is 6.61 Å². The van der Waals surface area contributed by atoms with E-state index >= 15 is 8.63 Å². The molecule has 3 rings (SSSR count). The number of halogens is 2. The monoisotopic (exact) mass is 391 g/mol. The van der Waals surface area contributed by atoms with Crippen molar-refractivity contribution in [2.75, 3.05) is 13.2 Å². The van der Waals surface area contributed by atoms with Crippen LogP contribution in [0.4, 0.5) is 8.63 Å². The Bertz CT molecular complexity index is 1000. The normalized spacial score (nSPS) is 17.7. The van der Waals surface area contributed by atoms with Crippen LogP contribution in [0.2, 0.25) is 0 Å². The quantitative estimate of drug-likeness (QED) is 0.634. The number of nitrogens with zero attached hydrogens (tertiary/aromatic N) is 2. The standard InChI is InChI=1S/C19H24BF2N3O3/c1-7-28-15(26)9-23-19(27)16-12(4)18-13(5)17-10(2)8-11(3)24(17)20(21,22)25(18)14(16)6/h8H,7,9H2,1-6H3,(H,23,27). The minimum Gasteiger partial charge on any atom is -0.465 e. The van der Waals surface area contributed by atoms with E-state index in [0.717, 1.165) is 14.5 Å². The highest BCUT2D eigenvalue weighted by Gasteiger charge is 2.56. The van der Waals surface area contributed by atoms with Gasteiger partial charge in [-0.2, -0.15) is 0 Å². The van der Waals surface area contributed by atoms with Gasteiger partial charge in [0.15, 0.2) is 5.70 Å². The number of carbonyl (C=O) groups excluding carboxylic acids is 2. The predicted molar refractivity (Wildman–Crippen MR) is 103 cm³/mol. The lowest BCUT2D eigenvalue weighted by molar-refractivity contribution is -0.363. The van der Waals surface area contributed by atoms with Gasteiger partial charge in [-0.1, -0.05) is 0 Å². The number of allylic oxidation sites excluding steroid dienone is 2. The average molecular weight is 391 g/mol. The van der Waals surface area contributed by atoms with Gasteiger partial charge in [-0.15, -0.1) is 0 Å². The number of ether oxygens (including phenoxy) is 1. The van der Waals surface area contributed by atoms with Crippen molar-refractivity contribution in [2.24, 2.45) is 0 Å². The Morgan fingerprint density at radius 2 is 1.82 bits per heavy atom. The maximum Gasteiger partial charge on any atom is 0.737 e. The average Bonchev–Trinajstić information content (AvgIpc) is 3.05. The lowest BCUT2D eigenvalue weighted by Gasteiger charge is -2.32. The van der Waals surface area contributed by atoms with E-state index in [2.05, 4.69) is 5.32 Å². The van der Waals surface area contributed by atoms with E-state index < -0.39 is 18.8 Å². The molecule has 0 saturated carbocycles. The smallest absolute Gasteiger partial charge is 0.465 e. The minimum atomic E-state index is -4.14. The first-order valence-corrected chi connectivity index (χ1v) is 9.24. The Morgan fingerprint density at radius 3 is 2.43 bits per heavy atom. The lowest BCUT2D eigenvalue weighted by Crippen LogP contribution is -2.51. The molecule has 0 aromatic carbocycles. The van der Waals surface area contributed by atoms with Crippen LogP contribution in [-0.2, 0) is 14.3 Å². The van der Waals surface area contributed by atoms with Crippen molar-refractivity contribution in [3.05, 3.63) is 39.9 Å². The van der Waals surface area contributed by atoms with Gasteiger partial charge >= 0.3 is 12.9 Å². The molecule has 150 valence electrons. The second-order valence-electron chi connectivity index (χ2n) is 7.19. The van der Waals surface area contributed by atoms with Gasteiger partial charge < -0.3 is 27.6 Å². The molecule has 2 aliphatic rings. The molecule has 6 nitrogen and oxygen atoms in total. The van der Waals surface area contributed by atoms with Crippen molar-refractivity contribution < 1.29 is 27.4 Å². The SMILES string of the molecule is CCOC(=O)CNC(=O)C1=C(C)C2=C(C)c3c(C)cc(C)n3[B-](F)(F)[N+]2=C1C. The first-order chi connectivity index (χ1) is 13.0. The summed E-state index contributed by atoms with van der Waals surface area (Å²) in [5, 5.41) is 2.47. The van der Waals surface area contributed by atoms with Gasteiger partial charge in [-0.3, -0.25) is 9.59 Å². The zero-order chi connectivity index (χ0) is 21.0. The number of aromatic nitrogens is 1. The molecule has 0 aliphatic carbocycles.